The van der Waals surface area contributed by atoms with E-state index in [-0.39, 0.29) is 35.9 Å². The molecule has 0 fully saturated rings. The highest BCUT2D eigenvalue weighted by Gasteiger charge is 2.18. The summed E-state index contributed by atoms with van der Waals surface area (Å²) in [4.78, 5) is 24.6. The number of aliphatic hydroxyl groups is 2. The number of carbonyl (C=O) groups is 2. The normalized spacial score (nSPS) is 13.8. The molecule has 0 aliphatic heterocycles. The lowest BCUT2D eigenvalue weighted by Crippen LogP contribution is -2.25. The number of hydrogen-bond donors (Lipinski definition) is 2. The number of aliphatic hydroxyl groups excluding tert-OH is 2. The van der Waals surface area contributed by atoms with Crippen LogP contribution in [0.3, 0.4) is 0 Å². The highest BCUT2D eigenvalue weighted by molar-refractivity contribution is 7.84. The van der Waals surface area contributed by atoms with Gasteiger partial charge < -0.3 is 10.2 Å². The molecule has 0 saturated carbocycles. The van der Waals surface area contributed by atoms with Crippen LogP contribution in [0.1, 0.15) is 206 Å². The van der Waals surface area contributed by atoms with E-state index >= 15 is 0 Å². The van der Waals surface area contributed by atoms with Crippen molar-refractivity contribution in [2.75, 3.05) is 11.5 Å². The van der Waals surface area contributed by atoms with E-state index in [0.29, 0.717) is 12.8 Å². The molecule has 2 unspecified atom stereocenters. The zero-order chi connectivity index (χ0) is 35.3. The molecule has 0 aliphatic rings. The van der Waals surface area contributed by atoms with E-state index < -0.39 is 23.0 Å². The van der Waals surface area contributed by atoms with Gasteiger partial charge in [0, 0.05) is 35.1 Å². The first-order valence-corrected chi connectivity index (χ1v) is 22.0. The number of hydrogen-bond acceptors (Lipinski definition) is 5. The van der Waals surface area contributed by atoms with E-state index in [0.717, 1.165) is 51.4 Å². The van der Waals surface area contributed by atoms with Crippen molar-refractivity contribution < 1.29 is 24.0 Å². The summed E-state index contributed by atoms with van der Waals surface area (Å²) in [6.45, 7) is 4.51. The molecule has 48 heavy (non-hydrogen) atoms. The molecule has 2 N–H and O–H groups in total. The molecule has 0 radical (unpaired) electrons. The van der Waals surface area contributed by atoms with Crippen LogP contribution in [0.25, 0.3) is 0 Å². The van der Waals surface area contributed by atoms with Crippen LogP contribution in [0.15, 0.2) is 24.3 Å². The van der Waals surface area contributed by atoms with Crippen LogP contribution >= 0.6 is 0 Å². The van der Waals surface area contributed by atoms with E-state index in [1.165, 1.54) is 116 Å². The number of unbranched alkanes of at least 4 members (excludes halogenated alkanes) is 22. The van der Waals surface area contributed by atoms with Gasteiger partial charge in [0.1, 0.15) is 12.2 Å². The fourth-order valence-corrected chi connectivity index (χ4v) is 7.16. The third-order valence-electron chi connectivity index (χ3n) is 9.35. The molecule has 282 valence electrons. The van der Waals surface area contributed by atoms with Gasteiger partial charge in [-0.1, -0.05) is 141 Å². The maximum Gasteiger partial charge on any atom is 0.161 e. The van der Waals surface area contributed by atoms with E-state index in [4.69, 9.17) is 0 Å². The summed E-state index contributed by atoms with van der Waals surface area (Å²) in [5.74, 6) is 0.0997. The second-order valence-electron chi connectivity index (χ2n) is 14.1. The van der Waals surface area contributed by atoms with Gasteiger partial charge in [-0.15, -0.1) is 0 Å². The number of rotatable bonds is 38. The molecular formula is C42H78O5S. The summed E-state index contributed by atoms with van der Waals surface area (Å²) in [6.07, 6.45) is 39.5. The number of carbonyl (C=O) groups excluding carboxylic acids is 2. The smallest absolute Gasteiger partial charge is 0.161 e. The molecule has 0 rings (SSSR count). The van der Waals surface area contributed by atoms with Crippen molar-refractivity contribution in [2.45, 2.75) is 219 Å². The molecule has 0 bridgehead atoms. The average Bonchev–Trinajstić information content (AvgIpc) is 3.09. The summed E-state index contributed by atoms with van der Waals surface area (Å²) in [5, 5.41) is 20.4. The first-order chi connectivity index (χ1) is 23.4. The van der Waals surface area contributed by atoms with Crippen molar-refractivity contribution in [3.63, 3.8) is 0 Å². The molecule has 0 amide bonds. The van der Waals surface area contributed by atoms with Crippen molar-refractivity contribution in [1.29, 1.82) is 0 Å². The Hall–Kier alpha value is -1.11. The topological polar surface area (TPSA) is 91.7 Å². The lowest BCUT2D eigenvalue weighted by atomic mass is 10.0. The van der Waals surface area contributed by atoms with Gasteiger partial charge in [-0.25, -0.2) is 0 Å². The van der Waals surface area contributed by atoms with Crippen LogP contribution < -0.4 is 0 Å². The van der Waals surface area contributed by atoms with Crippen LogP contribution in [-0.4, -0.2) is 49.7 Å². The molecule has 0 heterocycles. The average molecular weight is 695 g/mol. The minimum absolute atomic E-state index is 0.167. The lowest BCUT2D eigenvalue weighted by Gasteiger charge is -2.11. The van der Waals surface area contributed by atoms with Gasteiger partial charge in [-0.3, -0.25) is 13.8 Å². The van der Waals surface area contributed by atoms with Crippen molar-refractivity contribution in [1.82, 2.24) is 0 Å². The van der Waals surface area contributed by atoms with Crippen LogP contribution in [-0.2, 0) is 20.4 Å². The molecule has 0 saturated heterocycles. The van der Waals surface area contributed by atoms with Gasteiger partial charge in [0.25, 0.3) is 0 Å². The fraction of sp³-hybridized carbons (Fsp3) is 0.857. The zero-order valence-corrected chi connectivity index (χ0v) is 32.4. The highest BCUT2D eigenvalue weighted by Crippen LogP contribution is 2.13. The minimum atomic E-state index is -1.26. The summed E-state index contributed by atoms with van der Waals surface area (Å²) >= 11 is 0. The fourth-order valence-electron chi connectivity index (χ4n) is 5.98. The highest BCUT2D eigenvalue weighted by atomic mass is 32.2. The van der Waals surface area contributed by atoms with Gasteiger partial charge in [-0.05, 0) is 77.0 Å². The van der Waals surface area contributed by atoms with Gasteiger partial charge in [0.05, 0.1) is 0 Å². The predicted molar refractivity (Wildman–Crippen MR) is 208 cm³/mol. The molecule has 5 nitrogen and oxygen atoms in total. The van der Waals surface area contributed by atoms with Gasteiger partial charge in [-0.2, -0.15) is 0 Å². The largest absolute Gasteiger partial charge is 0.385 e. The lowest BCUT2D eigenvalue weighted by molar-refractivity contribution is -0.127. The van der Waals surface area contributed by atoms with Crippen LogP contribution in [0.2, 0.25) is 0 Å². The summed E-state index contributed by atoms with van der Waals surface area (Å²) < 4.78 is 12.4. The zero-order valence-electron chi connectivity index (χ0n) is 31.6. The minimum Gasteiger partial charge on any atom is -0.385 e. The summed E-state index contributed by atoms with van der Waals surface area (Å²) in [7, 11) is -1.26. The van der Waals surface area contributed by atoms with E-state index in [9.17, 15) is 24.0 Å². The van der Waals surface area contributed by atoms with Crippen molar-refractivity contribution in [3.8, 4) is 0 Å². The van der Waals surface area contributed by atoms with Gasteiger partial charge in [0.2, 0.25) is 0 Å². The van der Waals surface area contributed by atoms with Gasteiger partial charge in [0.15, 0.2) is 11.6 Å². The van der Waals surface area contributed by atoms with Crippen LogP contribution in [0, 0.1) is 0 Å². The third kappa shape index (κ3) is 33.4. The summed E-state index contributed by atoms with van der Waals surface area (Å²) in [5.41, 5.74) is 0. The Morgan fingerprint density at radius 2 is 0.729 bits per heavy atom. The SMILES string of the molecule is CCCCCCCC/C=C\CCCCCCCC(=O)C(O)CCS(=O)CCC(O)C(=O)CCCCCCC/C=C\CCCCCCCC. The van der Waals surface area contributed by atoms with E-state index in [1.807, 2.05) is 0 Å². The molecule has 0 aromatic carbocycles. The standard InChI is InChI=1S/C42H78O5S/c1-3-5-7-9-11-13-15-17-19-21-23-25-27-29-31-33-39(43)41(45)35-37-48(47)38-36-42(46)40(44)34-32-30-28-26-24-22-20-18-16-14-12-10-8-6-4-2/h17-20,41-42,45-46H,3-16,21-38H2,1-2H3/b19-17-,20-18-. The Kier molecular flexibility index (Phi) is 36.3. The second-order valence-corrected chi connectivity index (χ2v) is 15.8. The Labute approximate surface area is 300 Å². The maximum atomic E-state index is 12.4. The Bertz CT molecular complexity index is 744. The molecule has 0 aliphatic carbocycles. The van der Waals surface area contributed by atoms with E-state index in [2.05, 4.69) is 38.2 Å². The molecule has 2 atom stereocenters. The molecule has 0 aromatic heterocycles. The first kappa shape index (κ1) is 46.9. The van der Waals surface area contributed by atoms with Crippen molar-refractivity contribution in [2.24, 2.45) is 0 Å². The Morgan fingerprint density at radius 3 is 1.04 bits per heavy atom. The second kappa shape index (κ2) is 37.2. The molecule has 0 spiro atoms. The van der Waals surface area contributed by atoms with Crippen molar-refractivity contribution in [3.05, 3.63) is 24.3 Å². The molecular weight excluding hydrogens is 617 g/mol. The summed E-state index contributed by atoms with van der Waals surface area (Å²) in [6, 6.07) is 0. The monoisotopic (exact) mass is 695 g/mol. The Morgan fingerprint density at radius 1 is 0.458 bits per heavy atom. The number of ketones is 2. The number of allylic oxidation sites excluding steroid dienone is 4. The third-order valence-corrected chi connectivity index (χ3v) is 10.7. The van der Waals surface area contributed by atoms with Crippen LogP contribution in [0.5, 0.6) is 0 Å². The molecule has 0 aromatic rings. The van der Waals surface area contributed by atoms with Crippen molar-refractivity contribution >= 4 is 22.4 Å². The molecule has 6 heteroatoms. The first-order valence-electron chi connectivity index (χ1n) is 20.5. The van der Waals surface area contributed by atoms with Gasteiger partial charge >= 0.3 is 0 Å². The maximum absolute atomic E-state index is 12.4. The Balaban J connectivity index is 3.66. The van der Waals surface area contributed by atoms with E-state index in [1.54, 1.807) is 0 Å². The quantitative estimate of drug-likeness (QED) is 0.0496. The predicted octanol–water partition coefficient (Wildman–Crippen LogP) is 11.5. The number of Topliss-reactive ketones (excluding diaryl/α,β-unsaturated/α-hetero) is 2. The van der Waals surface area contributed by atoms with Crippen LogP contribution in [0.4, 0.5) is 0 Å².